The van der Waals surface area contributed by atoms with Crippen molar-refractivity contribution in [3.05, 3.63) is 70.9 Å². The molecule has 2 aromatic rings. The normalized spacial score (nSPS) is 10.7. The minimum absolute atomic E-state index is 0.0416. The highest BCUT2D eigenvalue weighted by molar-refractivity contribution is 5.97. The minimum atomic E-state index is -0.403. The highest BCUT2D eigenvalue weighted by Gasteiger charge is 2.09. The largest absolute Gasteiger partial charge is 0.493 e. The van der Waals surface area contributed by atoms with Crippen molar-refractivity contribution in [2.24, 2.45) is 0 Å². The molecular weight excluding hydrogens is 354 g/mol. The third-order valence-corrected chi connectivity index (χ3v) is 4.15. The molecule has 2 aromatic carbocycles. The Morgan fingerprint density at radius 2 is 1.89 bits per heavy atom. The lowest BCUT2D eigenvalue weighted by Crippen LogP contribution is -2.27. The second kappa shape index (κ2) is 10.6. The number of nitrogens with one attached hydrogen (secondary N) is 2. The van der Waals surface area contributed by atoms with Crippen molar-refractivity contribution in [1.82, 2.24) is 10.6 Å². The molecule has 0 aliphatic heterocycles. The maximum atomic E-state index is 12.2. The maximum Gasteiger partial charge on any atom is 0.263 e. The van der Waals surface area contributed by atoms with Gasteiger partial charge in [0, 0.05) is 19.3 Å². The van der Waals surface area contributed by atoms with Crippen LogP contribution >= 0.6 is 0 Å². The topological polar surface area (TPSA) is 83.4 Å². The predicted molar refractivity (Wildman–Crippen MR) is 108 cm³/mol. The number of ether oxygens (including phenoxy) is 2. The summed E-state index contributed by atoms with van der Waals surface area (Å²) in [4.78, 5) is 12.2. The summed E-state index contributed by atoms with van der Waals surface area (Å²) >= 11 is 0. The highest BCUT2D eigenvalue weighted by Crippen LogP contribution is 2.27. The number of methoxy groups -OCH3 is 2. The molecule has 0 unspecified atom stereocenters. The lowest BCUT2D eigenvalue weighted by Gasteiger charge is -2.10. The lowest BCUT2D eigenvalue weighted by molar-refractivity contribution is -0.117. The number of aryl methyl sites for hydroxylation is 1. The predicted octanol–water partition coefficient (Wildman–Crippen LogP) is 2.87. The van der Waals surface area contributed by atoms with Gasteiger partial charge in [0.15, 0.2) is 11.5 Å². The Balaban J connectivity index is 1.85. The Kier molecular flexibility index (Phi) is 7.92. The van der Waals surface area contributed by atoms with Gasteiger partial charge in [0.1, 0.15) is 11.6 Å². The standard InChI is InChI=1S/C22H25N3O3/c1-16-5-4-6-18(11-16)14-24-15-19(13-23)22(26)25-10-9-17-7-8-20(27-2)21(12-17)28-3/h4-8,11-12,15,24H,9-10,14H2,1-3H3,(H,25,26)/b19-15-. The molecule has 0 aliphatic rings. The first-order chi connectivity index (χ1) is 13.6. The van der Waals surface area contributed by atoms with Crippen LogP contribution in [0.4, 0.5) is 0 Å². The third kappa shape index (κ3) is 6.06. The van der Waals surface area contributed by atoms with Crippen LogP contribution in [0.1, 0.15) is 16.7 Å². The van der Waals surface area contributed by atoms with Crippen LogP contribution in [0.25, 0.3) is 0 Å². The second-order valence-electron chi connectivity index (χ2n) is 6.24. The summed E-state index contributed by atoms with van der Waals surface area (Å²) in [5, 5.41) is 15.0. The van der Waals surface area contributed by atoms with E-state index in [1.807, 2.05) is 49.4 Å². The number of nitrogens with zero attached hydrogens (tertiary/aromatic N) is 1. The fourth-order valence-corrected chi connectivity index (χ4v) is 2.69. The molecule has 0 aromatic heterocycles. The van der Waals surface area contributed by atoms with Gasteiger partial charge in [-0.3, -0.25) is 4.79 Å². The van der Waals surface area contributed by atoms with Crippen molar-refractivity contribution >= 4 is 5.91 Å². The zero-order valence-electron chi connectivity index (χ0n) is 16.4. The van der Waals surface area contributed by atoms with Crippen LogP contribution < -0.4 is 20.1 Å². The monoisotopic (exact) mass is 379 g/mol. The van der Waals surface area contributed by atoms with Gasteiger partial charge in [0.25, 0.3) is 5.91 Å². The third-order valence-electron chi connectivity index (χ3n) is 4.15. The van der Waals surface area contributed by atoms with Gasteiger partial charge in [0.05, 0.1) is 14.2 Å². The molecule has 6 nitrogen and oxygen atoms in total. The molecular formula is C22H25N3O3. The van der Waals surface area contributed by atoms with Gasteiger partial charge >= 0.3 is 0 Å². The summed E-state index contributed by atoms with van der Waals surface area (Å²) in [6, 6.07) is 15.6. The Hall–Kier alpha value is -3.46. The van der Waals surface area contributed by atoms with E-state index in [2.05, 4.69) is 16.7 Å². The maximum absolute atomic E-state index is 12.2. The molecule has 0 bridgehead atoms. The number of benzene rings is 2. The van der Waals surface area contributed by atoms with Crippen LogP contribution in [0, 0.1) is 18.3 Å². The SMILES string of the molecule is COc1ccc(CCNC(=O)/C(C#N)=C\NCc2cccc(C)c2)cc1OC. The van der Waals surface area contributed by atoms with E-state index in [1.54, 1.807) is 14.2 Å². The van der Waals surface area contributed by atoms with E-state index >= 15 is 0 Å². The first-order valence-electron chi connectivity index (χ1n) is 8.95. The lowest BCUT2D eigenvalue weighted by atomic mass is 10.1. The Labute approximate surface area is 165 Å². The average molecular weight is 379 g/mol. The zero-order chi connectivity index (χ0) is 20.4. The summed E-state index contributed by atoms with van der Waals surface area (Å²) in [6.45, 7) is 2.98. The van der Waals surface area contributed by atoms with Gasteiger partial charge in [-0.25, -0.2) is 0 Å². The molecule has 0 aliphatic carbocycles. The van der Waals surface area contributed by atoms with E-state index in [0.29, 0.717) is 31.0 Å². The smallest absolute Gasteiger partial charge is 0.263 e. The van der Waals surface area contributed by atoms with Crippen molar-refractivity contribution in [3.8, 4) is 17.6 Å². The van der Waals surface area contributed by atoms with Crippen LogP contribution in [0.15, 0.2) is 54.2 Å². The van der Waals surface area contributed by atoms with E-state index in [9.17, 15) is 10.1 Å². The van der Waals surface area contributed by atoms with Crippen molar-refractivity contribution < 1.29 is 14.3 Å². The van der Waals surface area contributed by atoms with Gasteiger partial charge in [-0.2, -0.15) is 5.26 Å². The summed E-state index contributed by atoms with van der Waals surface area (Å²) in [7, 11) is 3.16. The number of nitriles is 1. The van der Waals surface area contributed by atoms with Gasteiger partial charge in [0.2, 0.25) is 0 Å². The van der Waals surface area contributed by atoms with Crippen LogP contribution in [-0.4, -0.2) is 26.7 Å². The van der Waals surface area contributed by atoms with E-state index in [1.165, 1.54) is 6.20 Å². The number of hydrogen-bond acceptors (Lipinski definition) is 5. The summed E-state index contributed by atoms with van der Waals surface area (Å²) in [5.41, 5.74) is 3.29. The molecule has 146 valence electrons. The van der Waals surface area contributed by atoms with Gasteiger partial charge < -0.3 is 20.1 Å². The van der Waals surface area contributed by atoms with Crippen molar-refractivity contribution in [3.63, 3.8) is 0 Å². The van der Waals surface area contributed by atoms with E-state index in [0.717, 1.165) is 16.7 Å². The number of carbonyl (C=O) groups is 1. The molecule has 0 fully saturated rings. The molecule has 0 heterocycles. The number of hydrogen-bond donors (Lipinski definition) is 2. The van der Waals surface area contributed by atoms with Gasteiger partial charge in [-0.15, -0.1) is 0 Å². The fourth-order valence-electron chi connectivity index (χ4n) is 2.69. The zero-order valence-corrected chi connectivity index (χ0v) is 16.4. The van der Waals surface area contributed by atoms with Crippen molar-refractivity contribution in [1.29, 1.82) is 5.26 Å². The molecule has 0 saturated heterocycles. The van der Waals surface area contributed by atoms with Crippen molar-refractivity contribution in [2.45, 2.75) is 19.9 Å². The van der Waals surface area contributed by atoms with Crippen LogP contribution in [0.3, 0.4) is 0 Å². The van der Waals surface area contributed by atoms with E-state index < -0.39 is 5.91 Å². The molecule has 1 amide bonds. The molecule has 2 N–H and O–H groups in total. The van der Waals surface area contributed by atoms with Gasteiger partial charge in [-0.1, -0.05) is 35.9 Å². The highest BCUT2D eigenvalue weighted by atomic mass is 16.5. The molecule has 6 heteroatoms. The first-order valence-corrected chi connectivity index (χ1v) is 8.95. The first kappa shape index (κ1) is 20.8. The Bertz CT molecular complexity index is 885. The number of amides is 1. The van der Waals surface area contributed by atoms with Crippen molar-refractivity contribution in [2.75, 3.05) is 20.8 Å². The number of rotatable bonds is 9. The van der Waals surface area contributed by atoms with Crippen LogP contribution in [-0.2, 0) is 17.8 Å². The minimum Gasteiger partial charge on any atom is -0.493 e. The second-order valence-corrected chi connectivity index (χ2v) is 6.24. The molecule has 0 atom stereocenters. The fraction of sp³-hybridized carbons (Fsp3) is 0.273. The Morgan fingerprint density at radius 1 is 1.11 bits per heavy atom. The summed E-state index contributed by atoms with van der Waals surface area (Å²) in [5.74, 6) is 0.897. The van der Waals surface area contributed by atoms with Crippen LogP contribution in [0.2, 0.25) is 0 Å². The molecule has 0 radical (unpaired) electrons. The number of carbonyl (C=O) groups excluding carboxylic acids is 1. The van der Waals surface area contributed by atoms with E-state index in [4.69, 9.17) is 9.47 Å². The van der Waals surface area contributed by atoms with Gasteiger partial charge in [-0.05, 0) is 36.6 Å². The molecule has 28 heavy (non-hydrogen) atoms. The average Bonchev–Trinajstić information content (AvgIpc) is 2.71. The molecule has 2 rings (SSSR count). The van der Waals surface area contributed by atoms with E-state index in [-0.39, 0.29) is 5.57 Å². The molecule has 0 saturated carbocycles. The Morgan fingerprint density at radius 3 is 2.57 bits per heavy atom. The summed E-state index contributed by atoms with van der Waals surface area (Å²) < 4.78 is 10.5. The summed E-state index contributed by atoms with van der Waals surface area (Å²) in [6.07, 6.45) is 2.07. The quantitative estimate of drug-likeness (QED) is 0.517. The van der Waals surface area contributed by atoms with Crippen LogP contribution in [0.5, 0.6) is 11.5 Å². The molecule has 0 spiro atoms.